The molecule has 7 heteroatoms. The van der Waals surface area contributed by atoms with E-state index in [0.717, 1.165) is 12.8 Å². The molecule has 0 saturated heterocycles. The molecule has 0 heterocycles. The van der Waals surface area contributed by atoms with Crippen molar-refractivity contribution in [2.24, 2.45) is 17.6 Å². The van der Waals surface area contributed by atoms with Crippen molar-refractivity contribution in [3.05, 3.63) is 0 Å². The molecule has 0 bridgehead atoms. The summed E-state index contributed by atoms with van der Waals surface area (Å²) in [6, 6.07) is 0. The van der Waals surface area contributed by atoms with E-state index < -0.39 is 0 Å². The normalized spacial score (nSPS) is 12.8. The van der Waals surface area contributed by atoms with E-state index in [1.807, 2.05) is 27.7 Å². The minimum absolute atomic E-state index is 0.0737. The van der Waals surface area contributed by atoms with E-state index in [1.54, 1.807) is 7.11 Å². The Hall–Kier alpha value is -1.47. The summed E-state index contributed by atoms with van der Waals surface area (Å²) in [4.78, 5) is 32.5. The van der Waals surface area contributed by atoms with Crippen LogP contribution in [-0.2, 0) is 23.9 Å². The van der Waals surface area contributed by atoms with Crippen LogP contribution < -0.4 is 11.1 Å². The van der Waals surface area contributed by atoms with Crippen LogP contribution in [0.5, 0.6) is 0 Å². The van der Waals surface area contributed by atoms with Gasteiger partial charge in [-0.25, -0.2) is 0 Å². The van der Waals surface area contributed by atoms with Crippen molar-refractivity contribution >= 4 is 17.6 Å². The Labute approximate surface area is 158 Å². The molecule has 1 rings (SSSR count). The largest absolute Gasteiger partial charge is 0.384 e. The predicted molar refractivity (Wildman–Crippen MR) is 103 cm³/mol. The Morgan fingerprint density at radius 1 is 1.08 bits per heavy atom. The van der Waals surface area contributed by atoms with Gasteiger partial charge in [-0.15, -0.1) is 0 Å². The van der Waals surface area contributed by atoms with E-state index in [0.29, 0.717) is 44.5 Å². The summed E-state index contributed by atoms with van der Waals surface area (Å²) in [6.45, 7) is 9.49. The summed E-state index contributed by atoms with van der Waals surface area (Å²) in [7, 11) is 1.54. The first-order valence-electron chi connectivity index (χ1n) is 9.53. The lowest BCUT2D eigenvalue weighted by Gasteiger charge is -2.25. The summed E-state index contributed by atoms with van der Waals surface area (Å²) >= 11 is 0. The van der Waals surface area contributed by atoms with Crippen molar-refractivity contribution in [3.8, 4) is 0 Å². The van der Waals surface area contributed by atoms with Gasteiger partial charge in [-0.05, 0) is 12.8 Å². The van der Waals surface area contributed by atoms with Crippen molar-refractivity contribution in [3.63, 3.8) is 0 Å². The van der Waals surface area contributed by atoms with E-state index in [9.17, 15) is 14.4 Å². The van der Waals surface area contributed by atoms with Crippen LogP contribution in [0.3, 0.4) is 0 Å². The van der Waals surface area contributed by atoms with E-state index in [1.165, 1.54) is 6.42 Å². The van der Waals surface area contributed by atoms with E-state index in [4.69, 9.17) is 15.2 Å². The second kappa shape index (κ2) is 18.3. The van der Waals surface area contributed by atoms with Crippen LogP contribution in [0.1, 0.15) is 59.8 Å². The predicted octanol–water partition coefficient (Wildman–Crippen LogP) is 2.07. The van der Waals surface area contributed by atoms with Crippen LogP contribution >= 0.6 is 0 Å². The zero-order valence-electron chi connectivity index (χ0n) is 17.1. The molecule has 1 fully saturated rings. The van der Waals surface area contributed by atoms with Gasteiger partial charge in [0.2, 0.25) is 11.8 Å². The fraction of sp³-hybridized carbons (Fsp3) is 0.842. The number of methoxy groups -OCH3 is 1. The molecule has 1 saturated carbocycles. The molecule has 0 aliphatic heterocycles. The lowest BCUT2D eigenvalue weighted by molar-refractivity contribution is -0.128. The number of carbonyl (C=O) groups is 3. The lowest BCUT2D eigenvalue weighted by Crippen LogP contribution is -2.28. The van der Waals surface area contributed by atoms with Crippen molar-refractivity contribution in [2.75, 3.05) is 33.5 Å². The second-order valence-corrected chi connectivity index (χ2v) is 6.11. The Morgan fingerprint density at radius 2 is 1.69 bits per heavy atom. The van der Waals surface area contributed by atoms with Crippen LogP contribution in [0.15, 0.2) is 0 Å². The Balaban J connectivity index is 0. The minimum Gasteiger partial charge on any atom is -0.384 e. The van der Waals surface area contributed by atoms with Gasteiger partial charge in [0, 0.05) is 38.3 Å². The lowest BCUT2D eigenvalue weighted by atomic mass is 9.79. The number of rotatable bonds is 11. The van der Waals surface area contributed by atoms with Crippen molar-refractivity contribution in [1.82, 2.24) is 5.32 Å². The first-order valence-corrected chi connectivity index (χ1v) is 9.53. The molecule has 2 amide bonds. The van der Waals surface area contributed by atoms with Crippen LogP contribution in [0, 0.1) is 11.8 Å². The topological polar surface area (TPSA) is 108 Å². The van der Waals surface area contributed by atoms with E-state index in [-0.39, 0.29) is 24.2 Å². The van der Waals surface area contributed by atoms with Crippen LogP contribution in [-0.4, -0.2) is 51.1 Å². The molecule has 0 atom stereocenters. The van der Waals surface area contributed by atoms with Crippen molar-refractivity contribution in [2.45, 2.75) is 59.8 Å². The first-order chi connectivity index (χ1) is 12.4. The number of carbonyl (C=O) groups excluding carboxylic acids is 3. The fourth-order valence-corrected chi connectivity index (χ4v) is 1.98. The molecule has 7 nitrogen and oxygen atoms in total. The Bertz CT molecular complexity index is 382. The molecule has 0 spiro atoms. The van der Waals surface area contributed by atoms with Gasteiger partial charge in [0.25, 0.3) is 0 Å². The number of nitrogens with two attached hydrogens (primary N) is 1. The summed E-state index contributed by atoms with van der Waals surface area (Å²) in [5, 5.41) is 2.65. The van der Waals surface area contributed by atoms with Gasteiger partial charge in [-0.1, -0.05) is 34.1 Å². The molecule has 0 radical (unpaired) electrons. The Morgan fingerprint density at radius 3 is 2.08 bits per heavy atom. The van der Waals surface area contributed by atoms with Crippen molar-refractivity contribution < 1.29 is 23.9 Å². The third kappa shape index (κ3) is 16.0. The maximum Gasteiger partial charge on any atom is 0.222 e. The summed E-state index contributed by atoms with van der Waals surface area (Å²) in [6.07, 6.45) is 4.12. The number of amides is 2. The van der Waals surface area contributed by atoms with Gasteiger partial charge in [0.05, 0.1) is 19.8 Å². The molecular weight excluding hydrogens is 336 g/mol. The third-order valence-electron chi connectivity index (χ3n) is 3.67. The SMILES string of the molecule is CC.CC(C)C(=O)C1CCC1.COCCC(=O)NCCOCCC(N)=O. The maximum atomic E-state index is 11.1. The number of nitrogens with one attached hydrogen (secondary N) is 1. The fourth-order valence-electron chi connectivity index (χ4n) is 1.98. The van der Waals surface area contributed by atoms with Gasteiger partial charge in [-0.3, -0.25) is 14.4 Å². The number of hydrogen-bond donors (Lipinski definition) is 2. The van der Waals surface area contributed by atoms with Gasteiger partial charge < -0.3 is 20.5 Å². The summed E-state index contributed by atoms with van der Waals surface area (Å²) in [5.74, 6) is 0.705. The standard InChI is InChI=1S/C9H18N2O4.C8H14O.C2H6/c1-14-5-3-9(13)11-4-7-15-6-2-8(10)12;1-6(2)8(9)7-4-3-5-7;1-2/h2-7H2,1H3,(H2,10,12)(H,11,13);6-7H,3-5H2,1-2H3;1-2H3. The highest BCUT2D eigenvalue weighted by atomic mass is 16.5. The minimum atomic E-state index is -0.390. The first kappa shape index (κ1) is 26.8. The number of ketones is 1. The maximum absolute atomic E-state index is 11.1. The van der Waals surface area contributed by atoms with Crippen LogP contribution in [0.4, 0.5) is 0 Å². The third-order valence-corrected chi connectivity index (χ3v) is 3.67. The average Bonchev–Trinajstić information content (AvgIpc) is 2.56. The van der Waals surface area contributed by atoms with Gasteiger partial charge in [-0.2, -0.15) is 0 Å². The number of Topliss-reactive ketones (excluding diaryl/α,β-unsaturated/α-hetero) is 1. The average molecular weight is 375 g/mol. The number of hydrogen-bond acceptors (Lipinski definition) is 5. The highest BCUT2D eigenvalue weighted by Crippen LogP contribution is 2.29. The summed E-state index contributed by atoms with van der Waals surface area (Å²) < 4.78 is 9.79. The monoisotopic (exact) mass is 374 g/mol. The molecular formula is C19H38N2O5. The smallest absolute Gasteiger partial charge is 0.222 e. The second-order valence-electron chi connectivity index (χ2n) is 6.11. The van der Waals surface area contributed by atoms with Gasteiger partial charge >= 0.3 is 0 Å². The van der Waals surface area contributed by atoms with E-state index >= 15 is 0 Å². The van der Waals surface area contributed by atoms with Crippen molar-refractivity contribution in [1.29, 1.82) is 0 Å². The zero-order chi connectivity index (χ0) is 20.4. The molecule has 1 aliphatic carbocycles. The van der Waals surface area contributed by atoms with E-state index in [2.05, 4.69) is 5.32 Å². The van der Waals surface area contributed by atoms with Crippen LogP contribution in [0.2, 0.25) is 0 Å². The molecule has 0 unspecified atom stereocenters. The van der Waals surface area contributed by atoms with Crippen LogP contribution in [0.25, 0.3) is 0 Å². The van der Waals surface area contributed by atoms with Gasteiger partial charge in [0.15, 0.2) is 0 Å². The summed E-state index contributed by atoms with van der Waals surface area (Å²) in [5.41, 5.74) is 4.91. The number of primary amides is 1. The molecule has 3 N–H and O–H groups in total. The van der Waals surface area contributed by atoms with Gasteiger partial charge in [0.1, 0.15) is 5.78 Å². The quantitative estimate of drug-likeness (QED) is 0.538. The highest BCUT2D eigenvalue weighted by Gasteiger charge is 2.26. The number of ether oxygens (including phenoxy) is 2. The molecule has 26 heavy (non-hydrogen) atoms. The molecule has 0 aromatic heterocycles. The molecule has 1 aliphatic rings. The molecule has 0 aromatic rings. The molecule has 0 aromatic carbocycles. The zero-order valence-corrected chi connectivity index (χ0v) is 17.1. The molecule has 154 valence electrons. The Kier molecular flexibility index (Phi) is 18.9. The highest BCUT2D eigenvalue weighted by molar-refractivity contribution is 5.83.